The van der Waals surface area contributed by atoms with Crippen molar-refractivity contribution in [2.24, 2.45) is 10.2 Å². The van der Waals surface area contributed by atoms with E-state index in [0.717, 1.165) is 61.5 Å². The van der Waals surface area contributed by atoms with Gasteiger partial charge in [-0.15, -0.1) is 12.3 Å². The first-order valence-corrected chi connectivity index (χ1v) is 10.7. The van der Waals surface area contributed by atoms with Crippen molar-refractivity contribution in [2.75, 3.05) is 27.2 Å². The molecule has 3 heterocycles. The fourth-order valence-corrected chi connectivity index (χ4v) is 4.26. The van der Waals surface area contributed by atoms with Gasteiger partial charge in [-0.1, -0.05) is 0 Å². The Balaban J connectivity index is 1.46. The molecule has 162 valence electrons. The van der Waals surface area contributed by atoms with Gasteiger partial charge in [-0.2, -0.15) is 10.2 Å². The summed E-state index contributed by atoms with van der Waals surface area (Å²) in [4.78, 5) is 21.6. The number of aryl methyl sites for hydroxylation is 1. The largest absolute Gasteiger partial charge is 0.496 e. The molecule has 1 aromatic rings. The fourth-order valence-electron chi connectivity index (χ4n) is 4.26. The fraction of sp³-hybridized carbons (Fsp3) is 0.652. The molecule has 0 spiro atoms. The lowest BCUT2D eigenvalue weighted by molar-refractivity contribution is -0.133. The molecule has 1 saturated heterocycles. The van der Waals surface area contributed by atoms with Crippen molar-refractivity contribution in [1.29, 1.82) is 0 Å². The summed E-state index contributed by atoms with van der Waals surface area (Å²) < 4.78 is 5.53. The number of aromatic nitrogens is 1. The Labute approximate surface area is 179 Å². The van der Waals surface area contributed by atoms with Gasteiger partial charge in [-0.3, -0.25) is 14.7 Å². The highest BCUT2D eigenvalue weighted by molar-refractivity contribution is 5.76. The molecule has 0 aliphatic carbocycles. The summed E-state index contributed by atoms with van der Waals surface area (Å²) in [6.07, 6.45) is 11.7. The van der Waals surface area contributed by atoms with Crippen LogP contribution in [0.15, 0.2) is 16.4 Å². The maximum atomic E-state index is 12.7. The van der Waals surface area contributed by atoms with Gasteiger partial charge < -0.3 is 9.64 Å². The van der Waals surface area contributed by atoms with Crippen molar-refractivity contribution in [1.82, 2.24) is 14.8 Å². The van der Waals surface area contributed by atoms with Crippen LogP contribution in [-0.4, -0.2) is 59.6 Å². The van der Waals surface area contributed by atoms with Crippen LogP contribution in [0.1, 0.15) is 55.3 Å². The number of likely N-dealkylation sites (tertiary alicyclic amines) is 1. The van der Waals surface area contributed by atoms with Crippen molar-refractivity contribution in [3.63, 3.8) is 0 Å². The summed E-state index contributed by atoms with van der Waals surface area (Å²) in [6.45, 7) is 6.81. The van der Waals surface area contributed by atoms with Crippen molar-refractivity contribution in [3.05, 3.63) is 23.0 Å². The highest BCUT2D eigenvalue weighted by atomic mass is 16.5. The minimum Gasteiger partial charge on any atom is -0.496 e. The minimum absolute atomic E-state index is 0.173. The minimum atomic E-state index is -0.383. The predicted octanol–water partition coefficient (Wildman–Crippen LogP) is 3.49. The van der Waals surface area contributed by atoms with Gasteiger partial charge in [0.25, 0.3) is 0 Å². The second-order valence-corrected chi connectivity index (χ2v) is 8.44. The van der Waals surface area contributed by atoms with E-state index in [1.54, 1.807) is 7.11 Å². The number of amides is 1. The molecule has 2 aliphatic heterocycles. The van der Waals surface area contributed by atoms with Crippen molar-refractivity contribution < 1.29 is 9.53 Å². The lowest BCUT2D eigenvalue weighted by atomic mass is 9.99. The van der Waals surface area contributed by atoms with E-state index < -0.39 is 0 Å². The third kappa shape index (κ3) is 5.17. The third-order valence-corrected chi connectivity index (χ3v) is 6.41. The normalized spacial score (nSPS) is 18.1. The number of carbonyl (C=O) groups excluding carboxylic acids is 1. The van der Waals surface area contributed by atoms with Crippen LogP contribution in [0.3, 0.4) is 0 Å². The first-order valence-electron chi connectivity index (χ1n) is 10.7. The van der Waals surface area contributed by atoms with E-state index in [4.69, 9.17) is 11.2 Å². The quantitative estimate of drug-likeness (QED) is 0.583. The third-order valence-electron chi connectivity index (χ3n) is 6.41. The van der Waals surface area contributed by atoms with Gasteiger partial charge >= 0.3 is 0 Å². The summed E-state index contributed by atoms with van der Waals surface area (Å²) in [5, 5.41) is 8.25. The Morgan fingerprint density at radius 1 is 1.33 bits per heavy atom. The van der Waals surface area contributed by atoms with E-state index in [-0.39, 0.29) is 17.6 Å². The van der Waals surface area contributed by atoms with Crippen molar-refractivity contribution >= 4 is 5.91 Å². The van der Waals surface area contributed by atoms with E-state index in [1.807, 2.05) is 25.1 Å². The Bertz CT molecular complexity index is 831. The monoisotopic (exact) mass is 411 g/mol. The van der Waals surface area contributed by atoms with Gasteiger partial charge in [0.15, 0.2) is 5.66 Å². The van der Waals surface area contributed by atoms with Gasteiger partial charge in [0.2, 0.25) is 5.91 Å². The van der Waals surface area contributed by atoms with Crippen molar-refractivity contribution in [2.45, 2.75) is 70.6 Å². The molecule has 3 rings (SSSR count). The smallest absolute Gasteiger partial charge is 0.222 e. The lowest BCUT2D eigenvalue weighted by Gasteiger charge is -2.37. The average Bonchev–Trinajstić information content (AvgIpc) is 3.53. The van der Waals surface area contributed by atoms with E-state index in [9.17, 15) is 4.79 Å². The molecule has 2 aliphatic rings. The zero-order valence-corrected chi connectivity index (χ0v) is 18.6. The zero-order chi connectivity index (χ0) is 21.7. The van der Waals surface area contributed by atoms with Crippen LogP contribution in [0, 0.1) is 26.2 Å². The molecule has 0 aromatic carbocycles. The molecule has 0 N–H and O–H groups in total. The van der Waals surface area contributed by atoms with Crippen LogP contribution in [0.2, 0.25) is 0 Å². The molecule has 1 aromatic heterocycles. The van der Waals surface area contributed by atoms with Crippen molar-refractivity contribution in [3.8, 4) is 18.1 Å². The highest BCUT2D eigenvalue weighted by Crippen LogP contribution is 2.37. The Morgan fingerprint density at radius 2 is 2.03 bits per heavy atom. The number of carbonyl (C=O) groups is 1. The molecule has 0 atom stereocenters. The van der Waals surface area contributed by atoms with Gasteiger partial charge in [0.1, 0.15) is 5.75 Å². The number of methoxy groups -OCH3 is 1. The summed E-state index contributed by atoms with van der Waals surface area (Å²) >= 11 is 0. The van der Waals surface area contributed by atoms with Crippen LogP contribution >= 0.6 is 0 Å². The lowest BCUT2D eigenvalue weighted by Crippen LogP contribution is -2.45. The van der Waals surface area contributed by atoms with Crippen LogP contribution in [0.25, 0.3) is 0 Å². The van der Waals surface area contributed by atoms with Gasteiger partial charge in [-0.05, 0) is 26.7 Å². The molecule has 0 saturated carbocycles. The number of terminal acetylenes is 1. The maximum absolute atomic E-state index is 12.7. The van der Waals surface area contributed by atoms with Crippen LogP contribution < -0.4 is 4.74 Å². The van der Waals surface area contributed by atoms with Crippen LogP contribution in [0.4, 0.5) is 0 Å². The van der Waals surface area contributed by atoms with E-state index in [1.165, 1.54) is 0 Å². The molecule has 7 nitrogen and oxygen atoms in total. The molecule has 0 unspecified atom stereocenters. The molecular formula is C23H33N5O2. The number of hydrogen-bond acceptors (Lipinski definition) is 6. The van der Waals surface area contributed by atoms with E-state index in [2.05, 4.69) is 33.0 Å². The number of piperidine rings is 1. The first-order chi connectivity index (χ1) is 14.4. The van der Waals surface area contributed by atoms with E-state index in [0.29, 0.717) is 19.3 Å². The standard InChI is InChI=1S/C23H33N5O2/c1-6-7-11-23(25-26-23)12-8-21(29)27(4)19-9-13-28(14-10-19)16-20-18(3)22(30-5)17(2)15-24-20/h1,15,19H,7-14,16H2,2-5H3. The molecule has 1 fully saturated rings. The first kappa shape index (κ1) is 22.2. The van der Waals surface area contributed by atoms with Gasteiger partial charge in [0, 0.05) is 75.7 Å². The molecule has 0 bridgehead atoms. The average molecular weight is 412 g/mol. The number of pyridine rings is 1. The number of ether oxygens (including phenoxy) is 1. The number of nitrogens with zero attached hydrogens (tertiary/aromatic N) is 5. The Morgan fingerprint density at radius 3 is 2.63 bits per heavy atom. The van der Waals surface area contributed by atoms with Crippen LogP contribution in [0.5, 0.6) is 5.75 Å². The highest BCUT2D eigenvalue weighted by Gasteiger charge is 2.39. The Hall–Kier alpha value is -2.46. The molecule has 1 amide bonds. The maximum Gasteiger partial charge on any atom is 0.222 e. The molecule has 7 heteroatoms. The molecule has 30 heavy (non-hydrogen) atoms. The second kappa shape index (κ2) is 9.57. The van der Waals surface area contributed by atoms with E-state index >= 15 is 0 Å². The summed E-state index contributed by atoms with van der Waals surface area (Å²) in [6, 6.07) is 0.282. The SMILES string of the molecule is C#CCCC1(CCC(=O)N(C)C2CCN(Cc3ncc(C)c(OC)c3C)CC2)N=N1. The van der Waals surface area contributed by atoms with Gasteiger partial charge in [0.05, 0.1) is 12.8 Å². The number of hydrogen-bond donors (Lipinski definition) is 0. The summed E-state index contributed by atoms with van der Waals surface area (Å²) in [7, 11) is 3.63. The predicted molar refractivity (Wildman–Crippen MR) is 116 cm³/mol. The second-order valence-electron chi connectivity index (χ2n) is 8.44. The zero-order valence-electron chi connectivity index (χ0n) is 18.6. The summed E-state index contributed by atoms with van der Waals surface area (Å²) in [5.74, 6) is 3.73. The Kier molecular flexibility index (Phi) is 7.09. The van der Waals surface area contributed by atoms with Gasteiger partial charge in [-0.25, -0.2) is 0 Å². The molecular weight excluding hydrogens is 378 g/mol. The summed E-state index contributed by atoms with van der Waals surface area (Å²) in [5.41, 5.74) is 2.85. The number of rotatable bonds is 9. The molecule has 0 radical (unpaired) electrons. The van der Waals surface area contributed by atoms with Crippen LogP contribution in [-0.2, 0) is 11.3 Å². The topological polar surface area (TPSA) is 70.4 Å².